The van der Waals surface area contributed by atoms with Crippen LogP contribution in [0.15, 0.2) is 60.0 Å². The number of aromatic nitrogens is 3. The topological polar surface area (TPSA) is 86.1 Å². The van der Waals surface area contributed by atoms with Crippen LogP contribution in [0.2, 0.25) is 0 Å². The van der Waals surface area contributed by atoms with E-state index in [0.29, 0.717) is 10.7 Å². The summed E-state index contributed by atoms with van der Waals surface area (Å²) in [6.45, 7) is 5.65. The number of thiazole rings is 1. The Balaban J connectivity index is 1.31. The number of nitrogens with one attached hydrogen (secondary N) is 1. The zero-order valence-corrected chi connectivity index (χ0v) is 20.9. The molecule has 2 aromatic heterocycles. The monoisotopic (exact) mass is 504 g/mol. The third-order valence-electron chi connectivity index (χ3n) is 5.50. The van der Waals surface area contributed by atoms with Gasteiger partial charge in [0.2, 0.25) is 5.91 Å². The first-order chi connectivity index (χ1) is 17.3. The number of benzene rings is 2. The van der Waals surface area contributed by atoms with Crippen LogP contribution in [0.25, 0.3) is 11.8 Å². The van der Waals surface area contributed by atoms with Crippen LogP contribution in [0, 0.1) is 26.6 Å². The Kier molecular flexibility index (Phi) is 7.70. The molecule has 1 amide bonds. The lowest BCUT2D eigenvalue weighted by Gasteiger charge is -2.06. The Bertz CT molecular complexity index is 1420. The summed E-state index contributed by atoms with van der Waals surface area (Å²) >= 11 is 1.34. The lowest BCUT2D eigenvalue weighted by Crippen LogP contribution is -2.15. The molecule has 4 rings (SSSR count). The Morgan fingerprint density at radius 2 is 1.86 bits per heavy atom. The average molecular weight is 505 g/mol. The van der Waals surface area contributed by atoms with Crippen molar-refractivity contribution in [3.05, 3.63) is 99.0 Å². The summed E-state index contributed by atoms with van der Waals surface area (Å²) < 4.78 is 20.2. The van der Waals surface area contributed by atoms with E-state index in [1.807, 2.05) is 45.0 Å². The molecule has 2 aromatic carbocycles. The molecule has 1 N–H and O–H groups in total. The van der Waals surface area contributed by atoms with Crippen molar-refractivity contribution in [3.63, 3.8) is 0 Å². The summed E-state index contributed by atoms with van der Waals surface area (Å²) in [4.78, 5) is 29.0. The lowest BCUT2D eigenvalue weighted by molar-refractivity contribution is -0.139. The smallest absolute Gasteiger partial charge is 0.331 e. The SMILES string of the molecule is Cc1ccccc1NC(=O)Cc1nc(COC(=O)/C=C/c2c(C)nn(-c3ccc(F)cc3)c2C)cs1. The molecule has 0 spiro atoms. The van der Waals surface area contributed by atoms with Crippen LogP contribution in [0.4, 0.5) is 10.1 Å². The Morgan fingerprint density at radius 3 is 2.61 bits per heavy atom. The van der Waals surface area contributed by atoms with Gasteiger partial charge in [0.1, 0.15) is 17.4 Å². The van der Waals surface area contributed by atoms with Gasteiger partial charge in [-0.3, -0.25) is 4.79 Å². The molecule has 36 heavy (non-hydrogen) atoms. The van der Waals surface area contributed by atoms with Crippen molar-refractivity contribution >= 4 is 35.0 Å². The number of ether oxygens (including phenoxy) is 1. The summed E-state index contributed by atoms with van der Waals surface area (Å²) in [5, 5.41) is 9.79. The molecule has 0 fully saturated rings. The quantitative estimate of drug-likeness (QED) is 0.259. The van der Waals surface area contributed by atoms with Crippen molar-refractivity contribution in [2.24, 2.45) is 0 Å². The minimum absolute atomic E-state index is 0.00584. The number of esters is 1. The van der Waals surface area contributed by atoms with Gasteiger partial charge in [-0.25, -0.2) is 18.9 Å². The number of hydrogen-bond donors (Lipinski definition) is 1. The highest BCUT2D eigenvalue weighted by Gasteiger charge is 2.13. The van der Waals surface area contributed by atoms with Crippen molar-refractivity contribution in [1.82, 2.24) is 14.8 Å². The number of rotatable bonds is 8. The molecule has 0 unspecified atom stereocenters. The molecule has 0 bridgehead atoms. The second-order valence-electron chi connectivity index (χ2n) is 8.19. The zero-order valence-electron chi connectivity index (χ0n) is 20.1. The zero-order chi connectivity index (χ0) is 25.7. The van der Waals surface area contributed by atoms with Crippen molar-refractivity contribution in [2.75, 3.05) is 5.32 Å². The number of amides is 1. The predicted molar refractivity (Wildman–Crippen MR) is 137 cm³/mol. The summed E-state index contributed by atoms with van der Waals surface area (Å²) in [7, 11) is 0. The normalized spacial score (nSPS) is 11.1. The maximum atomic E-state index is 13.2. The van der Waals surface area contributed by atoms with Crippen LogP contribution in [0.1, 0.15) is 33.2 Å². The number of halogens is 1. The van der Waals surface area contributed by atoms with Crippen molar-refractivity contribution in [1.29, 1.82) is 0 Å². The number of anilines is 1. The van der Waals surface area contributed by atoms with Crippen molar-refractivity contribution in [2.45, 2.75) is 33.8 Å². The second-order valence-corrected chi connectivity index (χ2v) is 9.13. The molecule has 0 atom stereocenters. The van der Waals surface area contributed by atoms with E-state index in [4.69, 9.17) is 4.74 Å². The van der Waals surface area contributed by atoms with Gasteiger partial charge in [-0.05, 0) is 62.7 Å². The Hall–Kier alpha value is -4.11. The largest absolute Gasteiger partial charge is 0.456 e. The molecule has 0 aliphatic carbocycles. The van der Waals surface area contributed by atoms with Gasteiger partial charge in [0.15, 0.2) is 0 Å². The summed E-state index contributed by atoms with van der Waals surface area (Å²) in [6.07, 6.45) is 3.14. The van der Waals surface area contributed by atoms with Crippen LogP contribution in [-0.2, 0) is 27.4 Å². The average Bonchev–Trinajstić information content (AvgIpc) is 3.41. The van der Waals surface area contributed by atoms with E-state index in [1.165, 1.54) is 29.5 Å². The van der Waals surface area contributed by atoms with Gasteiger partial charge in [0.05, 0.1) is 23.5 Å². The first kappa shape index (κ1) is 25.0. The second kappa shape index (κ2) is 11.1. The molecule has 7 nitrogen and oxygen atoms in total. The number of hydrogen-bond acceptors (Lipinski definition) is 6. The number of carbonyl (C=O) groups excluding carboxylic acids is 2. The van der Waals surface area contributed by atoms with Gasteiger partial charge >= 0.3 is 5.97 Å². The van der Waals surface area contributed by atoms with Gasteiger partial charge in [0.25, 0.3) is 0 Å². The third kappa shape index (κ3) is 6.11. The fraction of sp³-hybridized carbons (Fsp3) is 0.185. The minimum Gasteiger partial charge on any atom is -0.456 e. The molecule has 0 saturated heterocycles. The Labute approximate surface area is 212 Å². The van der Waals surface area contributed by atoms with E-state index in [9.17, 15) is 14.0 Å². The number of nitrogens with zero attached hydrogens (tertiary/aromatic N) is 3. The van der Waals surface area contributed by atoms with Crippen molar-refractivity contribution < 1.29 is 18.7 Å². The third-order valence-corrected chi connectivity index (χ3v) is 6.39. The van der Waals surface area contributed by atoms with Crippen LogP contribution >= 0.6 is 11.3 Å². The fourth-order valence-electron chi connectivity index (χ4n) is 3.62. The van der Waals surface area contributed by atoms with Gasteiger partial charge in [-0.1, -0.05) is 18.2 Å². The molecular formula is C27H25FN4O3S. The predicted octanol–water partition coefficient (Wildman–Crippen LogP) is 5.33. The molecule has 0 radical (unpaired) electrons. The van der Waals surface area contributed by atoms with Crippen LogP contribution < -0.4 is 5.32 Å². The van der Waals surface area contributed by atoms with E-state index in [2.05, 4.69) is 15.4 Å². The molecule has 0 saturated carbocycles. The maximum Gasteiger partial charge on any atom is 0.331 e. The minimum atomic E-state index is -0.518. The summed E-state index contributed by atoms with van der Waals surface area (Å²) in [5.41, 5.74) is 5.40. The van der Waals surface area contributed by atoms with Gasteiger partial charge < -0.3 is 10.1 Å². The molecule has 9 heteroatoms. The molecule has 0 aliphatic heterocycles. The van der Waals surface area contributed by atoms with Crippen molar-refractivity contribution in [3.8, 4) is 5.69 Å². The van der Waals surface area contributed by atoms with E-state index in [0.717, 1.165) is 33.9 Å². The van der Waals surface area contributed by atoms with Gasteiger partial charge in [0, 0.05) is 28.4 Å². The van der Waals surface area contributed by atoms with E-state index >= 15 is 0 Å². The highest BCUT2D eigenvalue weighted by Crippen LogP contribution is 2.20. The van der Waals surface area contributed by atoms with Gasteiger partial charge in [-0.2, -0.15) is 5.10 Å². The number of aryl methyl sites for hydroxylation is 2. The molecule has 0 aliphatic rings. The first-order valence-electron chi connectivity index (χ1n) is 11.3. The lowest BCUT2D eigenvalue weighted by atomic mass is 10.2. The standard InChI is InChI=1S/C27H25FN4O3S/c1-17-6-4-5-7-24(17)30-25(33)14-26-29-21(16-36-26)15-35-27(34)13-12-23-18(2)31-32(19(23)3)22-10-8-20(28)9-11-22/h4-13,16H,14-15H2,1-3H3,(H,30,33)/b13-12+. The number of carbonyl (C=O) groups is 2. The van der Waals surface area contributed by atoms with Gasteiger partial charge in [-0.15, -0.1) is 11.3 Å². The van der Waals surface area contributed by atoms with Crippen LogP contribution in [0.3, 0.4) is 0 Å². The van der Waals surface area contributed by atoms with E-state index < -0.39 is 5.97 Å². The van der Waals surface area contributed by atoms with E-state index in [-0.39, 0.29) is 24.8 Å². The fourth-order valence-corrected chi connectivity index (χ4v) is 4.39. The first-order valence-corrected chi connectivity index (χ1v) is 12.1. The molecular weight excluding hydrogens is 479 g/mol. The van der Waals surface area contributed by atoms with E-state index in [1.54, 1.807) is 28.3 Å². The molecule has 2 heterocycles. The maximum absolute atomic E-state index is 13.2. The summed E-state index contributed by atoms with van der Waals surface area (Å²) in [5.74, 6) is -0.992. The molecule has 4 aromatic rings. The summed E-state index contributed by atoms with van der Waals surface area (Å²) in [6, 6.07) is 13.6. The van der Waals surface area contributed by atoms with Crippen LogP contribution in [0.5, 0.6) is 0 Å². The Morgan fingerprint density at radius 1 is 1.11 bits per heavy atom. The van der Waals surface area contributed by atoms with Crippen LogP contribution in [-0.4, -0.2) is 26.6 Å². The highest BCUT2D eigenvalue weighted by atomic mass is 32.1. The highest BCUT2D eigenvalue weighted by molar-refractivity contribution is 7.09. The molecule has 184 valence electrons. The number of para-hydroxylation sites is 1.